The minimum atomic E-state index is 0.274. The maximum absolute atomic E-state index is 2.22. The van der Waals surface area contributed by atoms with Gasteiger partial charge in [-0.05, 0) is 22.0 Å². The van der Waals surface area contributed by atoms with Gasteiger partial charge >= 0.3 is 0 Å². The molecule has 0 heteroatoms. The molecule has 0 amide bonds. The summed E-state index contributed by atoms with van der Waals surface area (Å²) >= 11 is 0. The van der Waals surface area contributed by atoms with E-state index in [1.807, 2.05) is 12.1 Å². The van der Waals surface area contributed by atoms with E-state index in [0.717, 1.165) is 0 Å². The summed E-state index contributed by atoms with van der Waals surface area (Å²) in [6.45, 7) is 13.2. The third-order valence-corrected chi connectivity index (χ3v) is 3.15. The summed E-state index contributed by atoms with van der Waals surface area (Å²) in [5.41, 5.74) is 3.09. The van der Waals surface area contributed by atoms with Crippen molar-refractivity contribution in [3.05, 3.63) is 83.9 Å². The van der Waals surface area contributed by atoms with Crippen molar-refractivity contribution in [3.8, 4) is 0 Å². The molecule has 0 bridgehead atoms. The highest BCUT2D eigenvalue weighted by molar-refractivity contribution is 5.50. The fourth-order valence-corrected chi connectivity index (χ4v) is 1.82. The first-order valence-corrected chi connectivity index (χ1v) is 8.64. The van der Waals surface area contributed by atoms with E-state index in [9.17, 15) is 0 Å². The number of hydrogen-bond acceptors (Lipinski definition) is 0. The molecular formula is C24H32. The van der Waals surface area contributed by atoms with Crippen molar-refractivity contribution in [2.24, 2.45) is 10.8 Å². The number of hydrogen-bond donors (Lipinski definition) is 0. The molecule has 0 fully saturated rings. The van der Waals surface area contributed by atoms with Crippen molar-refractivity contribution in [2.75, 3.05) is 0 Å². The highest BCUT2D eigenvalue weighted by Crippen LogP contribution is 2.17. The smallest absolute Gasteiger partial charge is 0.0200 e. The first-order valence-electron chi connectivity index (χ1n) is 8.64. The van der Waals surface area contributed by atoms with Crippen LogP contribution in [0.15, 0.2) is 72.8 Å². The van der Waals surface area contributed by atoms with Gasteiger partial charge in [0, 0.05) is 0 Å². The van der Waals surface area contributed by atoms with E-state index in [0.29, 0.717) is 0 Å². The summed E-state index contributed by atoms with van der Waals surface area (Å²) in [5.74, 6) is 0. The van der Waals surface area contributed by atoms with Gasteiger partial charge in [0.15, 0.2) is 0 Å². The van der Waals surface area contributed by atoms with E-state index in [2.05, 4.69) is 114 Å². The lowest BCUT2D eigenvalue weighted by atomic mass is 9.95. The van der Waals surface area contributed by atoms with Crippen LogP contribution in [0, 0.1) is 10.8 Å². The maximum atomic E-state index is 2.22. The monoisotopic (exact) mass is 320 g/mol. The first kappa shape index (κ1) is 20.0. The van der Waals surface area contributed by atoms with Gasteiger partial charge in [-0.3, -0.25) is 0 Å². The van der Waals surface area contributed by atoms with Gasteiger partial charge in [0.1, 0.15) is 0 Å². The lowest BCUT2D eigenvalue weighted by Crippen LogP contribution is -1.97. The van der Waals surface area contributed by atoms with Crippen LogP contribution in [0.25, 0.3) is 12.2 Å². The van der Waals surface area contributed by atoms with Crippen LogP contribution >= 0.6 is 0 Å². The highest BCUT2D eigenvalue weighted by atomic mass is 14.1. The average molecular weight is 321 g/mol. The molecule has 0 aliphatic heterocycles. The van der Waals surface area contributed by atoms with Crippen LogP contribution in [-0.4, -0.2) is 0 Å². The largest absolute Gasteiger partial charge is 0.0785 e. The molecule has 24 heavy (non-hydrogen) atoms. The fourth-order valence-electron chi connectivity index (χ4n) is 1.82. The van der Waals surface area contributed by atoms with Gasteiger partial charge in [0.05, 0.1) is 0 Å². The zero-order valence-electron chi connectivity index (χ0n) is 16.1. The van der Waals surface area contributed by atoms with Crippen LogP contribution in [0.2, 0.25) is 0 Å². The lowest BCUT2D eigenvalue weighted by molar-refractivity contribution is 0.547. The standard InChI is InChI=1S/2C12H16/c2*1-12(2,3)10-9-11-7-5-4-6-8-11/h2*4-10H,1-3H3. The molecular weight excluding hydrogens is 288 g/mol. The van der Waals surface area contributed by atoms with Crippen molar-refractivity contribution in [2.45, 2.75) is 41.5 Å². The summed E-state index contributed by atoms with van der Waals surface area (Å²) in [7, 11) is 0. The van der Waals surface area contributed by atoms with Crippen molar-refractivity contribution in [3.63, 3.8) is 0 Å². The molecule has 128 valence electrons. The molecule has 2 aromatic carbocycles. The van der Waals surface area contributed by atoms with Crippen molar-refractivity contribution in [1.82, 2.24) is 0 Å². The summed E-state index contributed by atoms with van der Waals surface area (Å²) in [5, 5.41) is 0. The Morgan fingerprint density at radius 3 is 1.04 bits per heavy atom. The number of rotatable bonds is 2. The summed E-state index contributed by atoms with van der Waals surface area (Å²) < 4.78 is 0. The van der Waals surface area contributed by atoms with Gasteiger partial charge in [0.25, 0.3) is 0 Å². The average Bonchev–Trinajstić information content (AvgIpc) is 2.52. The summed E-state index contributed by atoms with van der Waals surface area (Å²) in [4.78, 5) is 0. The second kappa shape index (κ2) is 9.27. The van der Waals surface area contributed by atoms with E-state index in [-0.39, 0.29) is 10.8 Å². The quantitative estimate of drug-likeness (QED) is 0.537. The van der Waals surface area contributed by atoms with Gasteiger partial charge in [-0.1, -0.05) is 127 Å². The van der Waals surface area contributed by atoms with Crippen LogP contribution in [-0.2, 0) is 0 Å². The molecule has 2 aromatic rings. The first-order chi connectivity index (χ1) is 11.2. The minimum absolute atomic E-state index is 0.274. The van der Waals surface area contributed by atoms with E-state index in [1.54, 1.807) is 0 Å². The molecule has 0 N–H and O–H groups in total. The molecule has 0 radical (unpaired) electrons. The minimum Gasteiger partial charge on any atom is -0.0785 e. The normalized spacial score (nSPS) is 12.2. The van der Waals surface area contributed by atoms with E-state index in [1.165, 1.54) is 11.1 Å². The zero-order chi connectivity index (χ0) is 18.1. The molecule has 0 aliphatic carbocycles. The molecule has 2 rings (SSSR count). The van der Waals surface area contributed by atoms with Crippen molar-refractivity contribution >= 4 is 12.2 Å². The molecule has 0 heterocycles. The van der Waals surface area contributed by atoms with Crippen LogP contribution in [0.1, 0.15) is 52.7 Å². The van der Waals surface area contributed by atoms with Gasteiger partial charge in [-0.15, -0.1) is 0 Å². The Bertz CT molecular complexity index is 558. The molecule has 0 spiro atoms. The van der Waals surface area contributed by atoms with Crippen LogP contribution < -0.4 is 0 Å². The Kier molecular flexibility index (Phi) is 7.71. The predicted octanol–water partition coefficient (Wildman–Crippen LogP) is 7.49. The van der Waals surface area contributed by atoms with Crippen molar-refractivity contribution < 1.29 is 0 Å². The third-order valence-electron chi connectivity index (χ3n) is 3.15. The topological polar surface area (TPSA) is 0 Å². The van der Waals surface area contributed by atoms with E-state index < -0.39 is 0 Å². The van der Waals surface area contributed by atoms with Gasteiger partial charge in [-0.25, -0.2) is 0 Å². The van der Waals surface area contributed by atoms with Gasteiger partial charge in [-0.2, -0.15) is 0 Å². The fraction of sp³-hybridized carbons (Fsp3) is 0.333. The van der Waals surface area contributed by atoms with E-state index >= 15 is 0 Å². The van der Waals surface area contributed by atoms with Crippen LogP contribution in [0.5, 0.6) is 0 Å². The lowest BCUT2D eigenvalue weighted by Gasteiger charge is -2.10. The van der Waals surface area contributed by atoms with Gasteiger partial charge < -0.3 is 0 Å². The SMILES string of the molecule is CC(C)(C)C=Cc1ccccc1.CC(C)(C)C=Cc1ccccc1. The summed E-state index contributed by atoms with van der Waals surface area (Å²) in [6.07, 6.45) is 8.78. The Morgan fingerprint density at radius 1 is 0.500 bits per heavy atom. The Hall–Kier alpha value is -2.08. The third kappa shape index (κ3) is 10.6. The molecule has 0 saturated carbocycles. The Balaban J connectivity index is 0.000000240. The molecule has 0 aromatic heterocycles. The molecule has 0 nitrogen and oxygen atoms in total. The zero-order valence-corrected chi connectivity index (χ0v) is 16.1. The van der Waals surface area contributed by atoms with Gasteiger partial charge in [0.2, 0.25) is 0 Å². The Morgan fingerprint density at radius 2 is 0.792 bits per heavy atom. The number of allylic oxidation sites excluding steroid dienone is 2. The second-order valence-electron chi connectivity index (χ2n) is 8.22. The Labute approximate surface area is 148 Å². The summed E-state index contributed by atoms with van der Waals surface area (Å²) in [6, 6.07) is 20.8. The van der Waals surface area contributed by atoms with Crippen molar-refractivity contribution in [1.29, 1.82) is 0 Å². The predicted molar refractivity (Wildman–Crippen MR) is 110 cm³/mol. The van der Waals surface area contributed by atoms with E-state index in [4.69, 9.17) is 0 Å². The van der Waals surface area contributed by atoms with Crippen LogP contribution in [0.4, 0.5) is 0 Å². The second-order valence-corrected chi connectivity index (χ2v) is 8.22. The van der Waals surface area contributed by atoms with Crippen LogP contribution in [0.3, 0.4) is 0 Å². The maximum Gasteiger partial charge on any atom is -0.0200 e. The molecule has 0 atom stereocenters. The molecule has 0 saturated heterocycles. The molecule has 0 unspecified atom stereocenters. The number of benzene rings is 2. The molecule has 0 aliphatic rings. The highest BCUT2D eigenvalue weighted by Gasteiger charge is 2.03.